The summed E-state index contributed by atoms with van der Waals surface area (Å²) in [4.78, 5) is 25.8. The van der Waals surface area contributed by atoms with Crippen molar-refractivity contribution in [3.8, 4) is 0 Å². The van der Waals surface area contributed by atoms with Gasteiger partial charge in [0.05, 0.1) is 10.6 Å². The summed E-state index contributed by atoms with van der Waals surface area (Å²) in [7, 11) is 1.87. The lowest BCUT2D eigenvalue weighted by atomic mass is 10.2. The summed E-state index contributed by atoms with van der Waals surface area (Å²) in [6, 6.07) is 9.03. The summed E-state index contributed by atoms with van der Waals surface area (Å²) in [5, 5.41) is 11.1. The number of fused-ring (bicyclic) bond motifs is 1. The number of nitrogens with zero attached hydrogens (tertiary/aromatic N) is 2. The second-order valence-corrected chi connectivity index (χ2v) is 6.90. The molecule has 3 rings (SSSR count). The summed E-state index contributed by atoms with van der Waals surface area (Å²) in [5.74, 6) is -0.198. The highest BCUT2D eigenvalue weighted by molar-refractivity contribution is 7.20. The summed E-state index contributed by atoms with van der Waals surface area (Å²) in [6.45, 7) is 3.89. The topological polar surface area (TPSA) is 76.0 Å². The van der Waals surface area contributed by atoms with Crippen LogP contribution in [0.3, 0.4) is 0 Å². The third kappa shape index (κ3) is 3.71. The number of nitrogens with one attached hydrogen (secondary N) is 2. The first-order valence-corrected chi connectivity index (χ1v) is 8.94. The molecule has 1 aromatic carbocycles. The van der Waals surface area contributed by atoms with E-state index < -0.39 is 0 Å². The lowest BCUT2D eigenvalue weighted by Crippen LogP contribution is -2.12. The van der Waals surface area contributed by atoms with Crippen molar-refractivity contribution in [2.24, 2.45) is 7.05 Å². The van der Waals surface area contributed by atoms with Crippen molar-refractivity contribution in [2.75, 3.05) is 10.6 Å². The molecule has 0 spiro atoms. The summed E-state index contributed by atoms with van der Waals surface area (Å²) < 4.78 is 1.79. The molecule has 2 amide bonds. The fourth-order valence-electron chi connectivity index (χ4n) is 2.64. The van der Waals surface area contributed by atoms with Crippen LogP contribution in [0.2, 0.25) is 0 Å². The molecule has 0 aliphatic rings. The smallest absolute Gasteiger partial charge is 0.265 e. The molecule has 25 heavy (non-hydrogen) atoms. The van der Waals surface area contributed by atoms with Gasteiger partial charge in [0.15, 0.2) is 0 Å². The maximum absolute atomic E-state index is 12.5. The Balaban J connectivity index is 1.75. The number of amides is 2. The molecule has 0 fully saturated rings. The van der Waals surface area contributed by atoms with E-state index in [1.165, 1.54) is 11.3 Å². The highest BCUT2D eigenvalue weighted by atomic mass is 32.1. The highest BCUT2D eigenvalue weighted by Crippen LogP contribution is 2.28. The van der Waals surface area contributed by atoms with Crippen molar-refractivity contribution >= 4 is 44.7 Å². The van der Waals surface area contributed by atoms with Gasteiger partial charge in [0.25, 0.3) is 5.91 Å². The first-order chi connectivity index (χ1) is 12.0. The normalized spacial score (nSPS) is 10.8. The predicted molar refractivity (Wildman–Crippen MR) is 101 cm³/mol. The summed E-state index contributed by atoms with van der Waals surface area (Å²) in [5.41, 5.74) is 2.23. The standard InChI is InChI=1S/C18H20N4O2S/c1-4-6-16(23)19-12-7-5-8-13(9-12)20-17(24)15-10-14-11(2)21-22(3)18(14)25-15/h5,7-10H,4,6H2,1-3H3,(H,19,23)(H,20,24). The number of hydrogen-bond donors (Lipinski definition) is 2. The first kappa shape index (κ1) is 17.2. The van der Waals surface area contributed by atoms with Gasteiger partial charge in [-0.15, -0.1) is 11.3 Å². The number of thiophene rings is 1. The molecule has 7 heteroatoms. The molecule has 2 aromatic heterocycles. The van der Waals surface area contributed by atoms with E-state index in [4.69, 9.17) is 0 Å². The maximum atomic E-state index is 12.5. The van der Waals surface area contributed by atoms with E-state index in [0.29, 0.717) is 22.7 Å². The fraction of sp³-hybridized carbons (Fsp3) is 0.278. The van der Waals surface area contributed by atoms with Crippen molar-refractivity contribution in [3.05, 3.63) is 40.9 Å². The van der Waals surface area contributed by atoms with Crippen molar-refractivity contribution in [1.29, 1.82) is 0 Å². The molecule has 2 N–H and O–H groups in total. The third-order valence-electron chi connectivity index (χ3n) is 3.80. The molecule has 130 valence electrons. The molecule has 3 aromatic rings. The first-order valence-electron chi connectivity index (χ1n) is 8.12. The molecule has 2 heterocycles. The van der Waals surface area contributed by atoms with E-state index in [1.54, 1.807) is 28.9 Å². The zero-order chi connectivity index (χ0) is 18.0. The molecular weight excluding hydrogens is 336 g/mol. The number of hydrogen-bond acceptors (Lipinski definition) is 4. The molecule has 0 aliphatic carbocycles. The van der Waals surface area contributed by atoms with E-state index in [-0.39, 0.29) is 11.8 Å². The van der Waals surface area contributed by atoms with Gasteiger partial charge in [-0.2, -0.15) is 5.10 Å². The van der Waals surface area contributed by atoms with Crippen LogP contribution < -0.4 is 10.6 Å². The van der Waals surface area contributed by atoms with Gasteiger partial charge in [-0.05, 0) is 37.6 Å². The molecule has 0 unspecified atom stereocenters. The third-order valence-corrected chi connectivity index (χ3v) is 5.00. The zero-order valence-corrected chi connectivity index (χ0v) is 15.2. The van der Waals surface area contributed by atoms with E-state index >= 15 is 0 Å². The van der Waals surface area contributed by atoms with Crippen molar-refractivity contribution in [3.63, 3.8) is 0 Å². The van der Waals surface area contributed by atoms with Crippen LogP contribution in [0.1, 0.15) is 35.1 Å². The molecule has 0 radical (unpaired) electrons. The number of carbonyl (C=O) groups is 2. The predicted octanol–water partition coefficient (Wildman–Crippen LogP) is 3.93. The van der Waals surface area contributed by atoms with Crippen LogP contribution in [-0.2, 0) is 11.8 Å². The Kier molecular flexibility index (Phi) is 4.85. The quantitative estimate of drug-likeness (QED) is 0.727. The average molecular weight is 356 g/mol. The maximum Gasteiger partial charge on any atom is 0.265 e. The molecule has 0 aliphatic heterocycles. The van der Waals surface area contributed by atoms with Gasteiger partial charge in [-0.3, -0.25) is 14.3 Å². The van der Waals surface area contributed by atoms with E-state index in [1.807, 2.05) is 27.0 Å². The van der Waals surface area contributed by atoms with Crippen LogP contribution in [-0.4, -0.2) is 21.6 Å². The minimum Gasteiger partial charge on any atom is -0.326 e. The minimum absolute atomic E-state index is 0.0292. The Morgan fingerprint density at radius 3 is 2.60 bits per heavy atom. The number of carbonyl (C=O) groups excluding carboxylic acids is 2. The number of aryl methyl sites for hydroxylation is 2. The lowest BCUT2D eigenvalue weighted by molar-refractivity contribution is -0.116. The van der Waals surface area contributed by atoms with Gasteiger partial charge in [-0.25, -0.2) is 0 Å². The molecule has 0 atom stereocenters. The van der Waals surface area contributed by atoms with E-state index in [9.17, 15) is 9.59 Å². The van der Waals surface area contributed by atoms with Gasteiger partial charge in [0, 0.05) is 30.2 Å². The van der Waals surface area contributed by atoms with Gasteiger partial charge >= 0.3 is 0 Å². The Morgan fingerprint density at radius 1 is 1.20 bits per heavy atom. The molecule has 0 bridgehead atoms. The van der Waals surface area contributed by atoms with Crippen LogP contribution >= 0.6 is 11.3 Å². The number of rotatable bonds is 5. The monoisotopic (exact) mass is 356 g/mol. The van der Waals surface area contributed by atoms with Crippen molar-refractivity contribution in [2.45, 2.75) is 26.7 Å². The van der Waals surface area contributed by atoms with Crippen LogP contribution in [0.15, 0.2) is 30.3 Å². The van der Waals surface area contributed by atoms with E-state index in [2.05, 4.69) is 15.7 Å². The number of benzene rings is 1. The Hall–Kier alpha value is -2.67. The second kappa shape index (κ2) is 7.06. The van der Waals surface area contributed by atoms with Crippen LogP contribution in [0.4, 0.5) is 11.4 Å². The molecule has 0 saturated carbocycles. The van der Waals surface area contributed by atoms with Gasteiger partial charge in [0.1, 0.15) is 4.83 Å². The summed E-state index contributed by atoms with van der Waals surface area (Å²) >= 11 is 1.41. The van der Waals surface area contributed by atoms with Crippen molar-refractivity contribution < 1.29 is 9.59 Å². The van der Waals surface area contributed by atoms with Crippen LogP contribution in [0.25, 0.3) is 10.2 Å². The average Bonchev–Trinajstić information content (AvgIpc) is 3.10. The Labute approximate surface area is 149 Å². The van der Waals surface area contributed by atoms with E-state index in [0.717, 1.165) is 22.3 Å². The number of anilines is 2. The Bertz CT molecular complexity index is 907. The Morgan fingerprint density at radius 2 is 1.92 bits per heavy atom. The number of aromatic nitrogens is 2. The lowest BCUT2D eigenvalue weighted by Gasteiger charge is -2.08. The molecule has 0 saturated heterocycles. The SMILES string of the molecule is CCCC(=O)Nc1cccc(NC(=O)c2cc3c(C)nn(C)c3s2)c1. The van der Waals surface area contributed by atoms with Crippen LogP contribution in [0, 0.1) is 6.92 Å². The van der Waals surface area contributed by atoms with Gasteiger partial charge < -0.3 is 10.6 Å². The van der Waals surface area contributed by atoms with Gasteiger partial charge in [-0.1, -0.05) is 13.0 Å². The molecular formula is C18H20N4O2S. The second-order valence-electron chi connectivity index (χ2n) is 5.87. The fourth-order valence-corrected chi connectivity index (χ4v) is 3.65. The highest BCUT2D eigenvalue weighted by Gasteiger charge is 2.15. The molecule has 6 nitrogen and oxygen atoms in total. The zero-order valence-electron chi connectivity index (χ0n) is 14.4. The summed E-state index contributed by atoms with van der Waals surface area (Å²) in [6.07, 6.45) is 1.27. The minimum atomic E-state index is -0.169. The largest absolute Gasteiger partial charge is 0.326 e. The van der Waals surface area contributed by atoms with Crippen LogP contribution in [0.5, 0.6) is 0 Å². The van der Waals surface area contributed by atoms with Gasteiger partial charge in [0.2, 0.25) is 5.91 Å². The van der Waals surface area contributed by atoms with Crippen molar-refractivity contribution in [1.82, 2.24) is 9.78 Å².